The average Bonchev–Trinajstić information content (AvgIpc) is 2.83. The summed E-state index contributed by atoms with van der Waals surface area (Å²) in [6, 6.07) is 16.2. The molecule has 0 radical (unpaired) electrons. The van der Waals surface area contributed by atoms with E-state index in [-0.39, 0.29) is 30.2 Å². The molecule has 7 nitrogen and oxygen atoms in total. The number of anilines is 2. The molecule has 0 saturated carbocycles. The van der Waals surface area contributed by atoms with E-state index < -0.39 is 0 Å². The molecule has 1 saturated heterocycles. The van der Waals surface area contributed by atoms with Crippen LogP contribution in [0.15, 0.2) is 54.6 Å². The highest BCUT2D eigenvalue weighted by molar-refractivity contribution is 6.10. The highest BCUT2D eigenvalue weighted by atomic mass is 16.2. The molecule has 33 heavy (non-hydrogen) atoms. The van der Waals surface area contributed by atoms with Gasteiger partial charge in [-0.25, -0.2) is 0 Å². The molecule has 1 aliphatic rings. The van der Waals surface area contributed by atoms with Crippen LogP contribution in [-0.4, -0.2) is 48.8 Å². The van der Waals surface area contributed by atoms with E-state index in [2.05, 4.69) is 27.8 Å². The first-order valence-corrected chi connectivity index (χ1v) is 11.8. The van der Waals surface area contributed by atoms with Crippen LogP contribution in [0.3, 0.4) is 0 Å². The van der Waals surface area contributed by atoms with Gasteiger partial charge in [0.2, 0.25) is 11.8 Å². The summed E-state index contributed by atoms with van der Waals surface area (Å²) in [5.74, 6) is -0.290. The topological polar surface area (TPSA) is 90.5 Å². The van der Waals surface area contributed by atoms with Gasteiger partial charge < -0.3 is 16.0 Å². The summed E-state index contributed by atoms with van der Waals surface area (Å²) in [4.78, 5) is 39.8. The lowest BCUT2D eigenvalue weighted by Crippen LogP contribution is -2.43. The first kappa shape index (κ1) is 24.5. The van der Waals surface area contributed by atoms with Gasteiger partial charge in [0.1, 0.15) is 0 Å². The fraction of sp³-hybridized carbons (Fsp3) is 0.423. The number of para-hydroxylation sites is 2. The number of likely N-dealkylation sites (tertiary alicyclic amines) is 1. The zero-order valence-electron chi connectivity index (χ0n) is 19.3. The maximum Gasteiger partial charge on any atom is 0.257 e. The zero-order chi connectivity index (χ0) is 23.5. The van der Waals surface area contributed by atoms with Gasteiger partial charge >= 0.3 is 0 Å². The molecule has 0 atom stereocenters. The van der Waals surface area contributed by atoms with Gasteiger partial charge in [-0.1, -0.05) is 50.1 Å². The van der Waals surface area contributed by atoms with E-state index in [1.54, 1.807) is 24.3 Å². The first-order valence-electron chi connectivity index (χ1n) is 11.8. The van der Waals surface area contributed by atoms with Gasteiger partial charge in [0.15, 0.2) is 0 Å². The number of amides is 3. The number of hydrogen-bond acceptors (Lipinski definition) is 4. The number of carbonyl (C=O) groups is 3. The quantitative estimate of drug-likeness (QED) is 0.479. The third kappa shape index (κ3) is 7.71. The summed E-state index contributed by atoms with van der Waals surface area (Å²) >= 11 is 0. The number of rotatable bonds is 10. The van der Waals surface area contributed by atoms with Crippen molar-refractivity contribution in [2.75, 3.05) is 36.8 Å². The minimum atomic E-state index is -0.275. The van der Waals surface area contributed by atoms with Crippen LogP contribution in [0.1, 0.15) is 49.4 Å². The highest BCUT2D eigenvalue weighted by Crippen LogP contribution is 2.19. The normalized spacial score (nSPS) is 14.5. The lowest BCUT2D eigenvalue weighted by Gasteiger charge is -2.30. The number of nitrogens with one attached hydrogen (secondary N) is 3. The van der Waals surface area contributed by atoms with E-state index in [1.165, 1.54) is 0 Å². The minimum absolute atomic E-state index is 0.0216. The fourth-order valence-electron chi connectivity index (χ4n) is 3.99. The molecule has 176 valence electrons. The Morgan fingerprint density at radius 3 is 2.33 bits per heavy atom. The predicted octanol–water partition coefficient (Wildman–Crippen LogP) is 3.90. The summed E-state index contributed by atoms with van der Waals surface area (Å²) in [6.07, 6.45) is 4.79. The Kier molecular flexibility index (Phi) is 9.44. The molecule has 0 aromatic heterocycles. The van der Waals surface area contributed by atoms with E-state index in [0.717, 1.165) is 38.6 Å². The molecule has 3 amide bonds. The minimum Gasteiger partial charge on any atom is -0.356 e. The second-order valence-corrected chi connectivity index (χ2v) is 8.46. The van der Waals surface area contributed by atoms with Gasteiger partial charge in [-0.05, 0) is 56.6 Å². The summed E-state index contributed by atoms with van der Waals surface area (Å²) in [6.45, 7) is 4.53. The Balaban J connectivity index is 1.47. The van der Waals surface area contributed by atoms with Crippen LogP contribution in [0.5, 0.6) is 0 Å². The molecule has 0 spiro atoms. The van der Waals surface area contributed by atoms with Gasteiger partial charge in [0, 0.05) is 18.2 Å². The van der Waals surface area contributed by atoms with Crippen molar-refractivity contribution >= 4 is 29.1 Å². The van der Waals surface area contributed by atoms with E-state index >= 15 is 0 Å². The Labute approximate surface area is 195 Å². The lowest BCUT2D eigenvalue weighted by molar-refractivity contribution is -0.126. The maximum atomic E-state index is 12.7. The van der Waals surface area contributed by atoms with Crippen molar-refractivity contribution in [1.82, 2.24) is 10.2 Å². The Bertz CT molecular complexity index is 924. The first-order chi connectivity index (χ1) is 16.1. The van der Waals surface area contributed by atoms with Crippen molar-refractivity contribution in [3.63, 3.8) is 0 Å². The van der Waals surface area contributed by atoms with Gasteiger partial charge in [-0.2, -0.15) is 0 Å². The number of nitrogens with zero attached hydrogens (tertiary/aromatic N) is 1. The van der Waals surface area contributed by atoms with Crippen molar-refractivity contribution in [2.24, 2.45) is 5.92 Å². The highest BCUT2D eigenvalue weighted by Gasteiger charge is 2.26. The SMILES string of the molecule is CCCCCNC(=O)C1CCN(CC(=O)Nc2ccccc2C(=O)Nc2ccccc2)CC1. The predicted molar refractivity (Wildman–Crippen MR) is 131 cm³/mol. The molecule has 1 fully saturated rings. The molecule has 1 aliphatic heterocycles. The maximum absolute atomic E-state index is 12.7. The smallest absolute Gasteiger partial charge is 0.257 e. The van der Waals surface area contributed by atoms with Crippen LogP contribution in [0.2, 0.25) is 0 Å². The molecule has 0 bridgehead atoms. The Hall–Kier alpha value is -3.19. The molecular formula is C26H34N4O3. The Morgan fingerprint density at radius 2 is 1.61 bits per heavy atom. The lowest BCUT2D eigenvalue weighted by atomic mass is 9.96. The molecule has 0 aliphatic carbocycles. The molecule has 2 aromatic rings. The Morgan fingerprint density at radius 1 is 0.909 bits per heavy atom. The molecule has 3 N–H and O–H groups in total. The third-order valence-electron chi connectivity index (χ3n) is 5.88. The summed E-state index contributed by atoms with van der Waals surface area (Å²) in [7, 11) is 0. The van der Waals surface area contributed by atoms with Crippen molar-refractivity contribution in [3.8, 4) is 0 Å². The van der Waals surface area contributed by atoms with Crippen molar-refractivity contribution < 1.29 is 14.4 Å². The van der Waals surface area contributed by atoms with Crippen molar-refractivity contribution in [3.05, 3.63) is 60.2 Å². The standard InChI is InChI=1S/C26H34N4O3/c1-2-3-9-16-27-25(32)20-14-17-30(18-15-20)19-24(31)29-23-13-8-7-12-22(23)26(33)28-21-10-5-4-6-11-21/h4-8,10-13,20H,2-3,9,14-19H2,1H3,(H,27,32)(H,28,33)(H,29,31). The van der Waals surface area contributed by atoms with E-state index in [4.69, 9.17) is 0 Å². The van der Waals surface area contributed by atoms with Crippen LogP contribution in [0, 0.1) is 5.92 Å². The summed E-state index contributed by atoms with van der Waals surface area (Å²) in [5, 5.41) is 8.76. The van der Waals surface area contributed by atoms with Crippen molar-refractivity contribution in [2.45, 2.75) is 39.0 Å². The van der Waals surface area contributed by atoms with Gasteiger partial charge in [0.05, 0.1) is 17.8 Å². The third-order valence-corrected chi connectivity index (χ3v) is 5.88. The summed E-state index contributed by atoms with van der Waals surface area (Å²) in [5.41, 5.74) is 1.59. The van der Waals surface area contributed by atoms with Crippen LogP contribution in [-0.2, 0) is 9.59 Å². The average molecular weight is 451 g/mol. The van der Waals surface area contributed by atoms with Gasteiger partial charge in [-0.3, -0.25) is 19.3 Å². The van der Waals surface area contributed by atoms with Crippen LogP contribution in [0.4, 0.5) is 11.4 Å². The van der Waals surface area contributed by atoms with E-state index in [9.17, 15) is 14.4 Å². The number of carbonyl (C=O) groups excluding carboxylic acids is 3. The number of piperidine rings is 1. The van der Waals surface area contributed by atoms with Crippen LogP contribution < -0.4 is 16.0 Å². The molecule has 1 heterocycles. The number of benzene rings is 2. The largest absolute Gasteiger partial charge is 0.356 e. The van der Waals surface area contributed by atoms with Crippen LogP contribution in [0.25, 0.3) is 0 Å². The summed E-state index contributed by atoms with van der Waals surface area (Å²) < 4.78 is 0. The second-order valence-electron chi connectivity index (χ2n) is 8.46. The number of hydrogen-bond donors (Lipinski definition) is 3. The molecular weight excluding hydrogens is 416 g/mol. The van der Waals surface area contributed by atoms with Crippen molar-refractivity contribution in [1.29, 1.82) is 0 Å². The monoisotopic (exact) mass is 450 g/mol. The zero-order valence-corrected chi connectivity index (χ0v) is 19.3. The molecule has 7 heteroatoms. The van der Waals surface area contributed by atoms with Gasteiger partial charge in [-0.15, -0.1) is 0 Å². The number of unbranched alkanes of at least 4 members (excludes halogenated alkanes) is 2. The second kappa shape index (κ2) is 12.7. The van der Waals surface area contributed by atoms with E-state index in [1.807, 2.05) is 30.3 Å². The molecule has 0 unspecified atom stereocenters. The van der Waals surface area contributed by atoms with Gasteiger partial charge in [0.25, 0.3) is 5.91 Å². The molecule has 3 rings (SSSR count). The van der Waals surface area contributed by atoms with Crippen LogP contribution >= 0.6 is 0 Å². The fourth-order valence-corrected chi connectivity index (χ4v) is 3.99. The van der Waals surface area contributed by atoms with E-state index in [0.29, 0.717) is 30.0 Å². The molecule has 2 aromatic carbocycles.